The molecular weight excluding hydrogens is 312 g/mol. The highest BCUT2D eigenvalue weighted by atomic mass is 32.2. The van der Waals surface area contributed by atoms with Crippen LogP contribution in [0.5, 0.6) is 0 Å². The number of benzene rings is 2. The number of hydrogen-bond donors (Lipinski definition) is 0. The Balaban J connectivity index is 1.55. The van der Waals surface area contributed by atoms with Crippen molar-refractivity contribution in [2.75, 3.05) is 12.3 Å². The molecule has 4 rings (SSSR count). The van der Waals surface area contributed by atoms with E-state index in [0.717, 1.165) is 24.6 Å². The molecule has 120 valence electrons. The van der Waals surface area contributed by atoms with Gasteiger partial charge in [0.15, 0.2) is 0 Å². The van der Waals surface area contributed by atoms with Crippen molar-refractivity contribution < 1.29 is 0 Å². The number of hydrogen-bond acceptors (Lipinski definition) is 3. The normalized spacial score (nSPS) is 16.5. The molecule has 2 aliphatic rings. The van der Waals surface area contributed by atoms with Gasteiger partial charge in [-0.25, -0.2) is 0 Å². The molecule has 0 aliphatic carbocycles. The van der Waals surface area contributed by atoms with E-state index in [1.807, 2.05) is 0 Å². The molecule has 3 heteroatoms. The molecule has 0 spiro atoms. The van der Waals surface area contributed by atoms with Gasteiger partial charge in [-0.3, -0.25) is 0 Å². The maximum absolute atomic E-state index is 4.65. The minimum Gasteiger partial charge on any atom is -0.331 e. The van der Waals surface area contributed by atoms with Crippen molar-refractivity contribution in [1.82, 2.24) is 4.90 Å². The van der Waals surface area contributed by atoms with E-state index in [4.69, 9.17) is 0 Å². The molecule has 24 heavy (non-hydrogen) atoms. The summed E-state index contributed by atoms with van der Waals surface area (Å²) >= 11 is 1.66. The Labute approximate surface area is 147 Å². The molecule has 0 radical (unpaired) electrons. The van der Waals surface area contributed by atoms with Gasteiger partial charge in [0, 0.05) is 24.1 Å². The zero-order valence-electron chi connectivity index (χ0n) is 13.8. The second-order valence-corrected chi connectivity index (χ2v) is 7.07. The van der Waals surface area contributed by atoms with Crippen LogP contribution in [0, 0.1) is 6.92 Å². The van der Waals surface area contributed by atoms with Crippen molar-refractivity contribution in [2.45, 2.75) is 13.3 Å². The van der Waals surface area contributed by atoms with Crippen molar-refractivity contribution in [3.8, 4) is 0 Å². The number of rotatable bonds is 3. The summed E-state index contributed by atoms with van der Waals surface area (Å²) in [6.07, 6.45) is 7.37. The van der Waals surface area contributed by atoms with Gasteiger partial charge in [0.05, 0.1) is 0 Å². The summed E-state index contributed by atoms with van der Waals surface area (Å²) in [6.45, 7) is 3.16. The second-order valence-electron chi connectivity index (χ2n) is 6.22. The number of aryl methyl sites for hydroxylation is 1. The molecule has 0 bridgehead atoms. The van der Waals surface area contributed by atoms with E-state index < -0.39 is 0 Å². The largest absolute Gasteiger partial charge is 0.331 e. The van der Waals surface area contributed by atoms with E-state index in [1.165, 1.54) is 27.8 Å². The van der Waals surface area contributed by atoms with Gasteiger partial charge < -0.3 is 4.90 Å². The molecule has 2 aliphatic heterocycles. The Hall–Kier alpha value is -2.26. The number of nitrogens with zero attached hydrogens (tertiary/aromatic N) is 2. The Morgan fingerprint density at radius 2 is 1.71 bits per heavy atom. The van der Waals surface area contributed by atoms with E-state index >= 15 is 0 Å². The Morgan fingerprint density at radius 3 is 2.46 bits per heavy atom. The SMILES string of the molecule is Cc1ccc(Cc2ccc(C3=CC=CN4CCSN=C34)cc2)cc1. The van der Waals surface area contributed by atoms with Crippen LogP contribution in [0.1, 0.15) is 22.3 Å². The summed E-state index contributed by atoms with van der Waals surface area (Å²) in [5.41, 5.74) is 6.45. The first-order chi connectivity index (χ1) is 11.8. The van der Waals surface area contributed by atoms with Crippen LogP contribution in [0.3, 0.4) is 0 Å². The van der Waals surface area contributed by atoms with Crippen molar-refractivity contribution in [3.63, 3.8) is 0 Å². The smallest absolute Gasteiger partial charge is 0.148 e. The van der Waals surface area contributed by atoms with Gasteiger partial charge in [-0.05, 0) is 54.1 Å². The van der Waals surface area contributed by atoms with Crippen molar-refractivity contribution in [3.05, 3.63) is 89.1 Å². The fourth-order valence-electron chi connectivity index (χ4n) is 3.04. The molecule has 2 aromatic carbocycles. The molecule has 0 aromatic heterocycles. The number of allylic oxidation sites excluding steroid dienone is 2. The summed E-state index contributed by atoms with van der Waals surface area (Å²) in [5, 5.41) is 0. The van der Waals surface area contributed by atoms with Crippen molar-refractivity contribution >= 4 is 23.4 Å². The number of amidine groups is 1. The van der Waals surface area contributed by atoms with Crippen LogP contribution in [0.25, 0.3) is 5.57 Å². The Kier molecular flexibility index (Phi) is 4.26. The molecule has 2 nitrogen and oxygen atoms in total. The number of fused-ring (bicyclic) bond motifs is 1. The first kappa shape index (κ1) is 15.3. The lowest BCUT2D eigenvalue weighted by Crippen LogP contribution is -2.32. The Morgan fingerprint density at radius 1 is 1.00 bits per heavy atom. The van der Waals surface area contributed by atoms with Crippen LogP contribution < -0.4 is 0 Å². The van der Waals surface area contributed by atoms with Crippen LogP contribution in [0.2, 0.25) is 0 Å². The van der Waals surface area contributed by atoms with Crippen LogP contribution >= 0.6 is 11.9 Å². The molecule has 0 saturated carbocycles. The molecule has 2 aromatic rings. The van der Waals surface area contributed by atoms with Crippen LogP contribution in [0.4, 0.5) is 0 Å². The minimum atomic E-state index is 0.975. The van der Waals surface area contributed by atoms with Gasteiger partial charge >= 0.3 is 0 Å². The highest BCUT2D eigenvalue weighted by Crippen LogP contribution is 2.27. The molecule has 0 atom stereocenters. The highest BCUT2D eigenvalue weighted by molar-refractivity contribution is 7.98. The average molecular weight is 332 g/mol. The molecular formula is C21H20N2S. The first-order valence-corrected chi connectivity index (χ1v) is 9.24. The highest BCUT2D eigenvalue weighted by Gasteiger charge is 2.21. The van der Waals surface area contributed by atoms with Gasteiger partial charge in [0.1, 0.15) is 5.84 Å². The standard InChI is InChI=1S/C21H20N2S/c1-16-4-6-17(7-5-16)15-18-8-10-19(11-9-18)20-3-2-12-23-13-14-24-22-21(20)23/h2-12H,13-15H2,1H3. The third kappa shape index (κ3) is 3.17. The van der Waals surface area contributed by atoms with E-state index in [9.17, 15) is 0 Å². The van der Waals surface area contributed by atoms with E-state index in [1.54, 1.807) is 11.9 Å². The van der Waals surface area contributed by atoms with E-state index in [-0.39, 0.29) is 0 Å². The van der Waals surface area contributed by atoms with E-state index in [2.05, 4.69) is 83.1 Å². The van der Waals surface area contributed by atoms with Crippen LogP contribution in [0.15, 0.2) is 71.3 Å². The molecule has 0 fully saturated rings. The van der Waals surface area contributed by atoms with Crippen molar-refractivity contribution in [1.29, 1.82) is 0 Å². The third-order valence-electron chi connectivity index (χ3n) is 4.41. The Bertz CT molecular complexity index is 814. The first-order valence-electron chi connectivity index (χ1n) is 8.30. The predicted molar refractivity (Wildman–Crippen MR) is 104 cm³/mol. The fourth-order valence-corrected chi connectivity index (χ4v) is 3.74. The summed E-state index contributed by atoms with van der Waals surface area (Å²) < 4.78 is 4.65. The second kappa shape index (κ2) is 6.70. The monoisotopic (exact) mass is 332 g/mol. The summed E-state index contributed by atoms with van der Waals surface area (Å²) in [5.74, 6) is 2.14. The van der Waals surface area contributed by atoms with Crippen LogP contribution in [-0.4, -0.2) is 23.0 Å². The molecule has 0 saturated heterocycles. The zero-order valence-corrected chi connectivity index (χ0v) is 14.6. The zero-order chi connectivity index (χ0) is 16.4. The lowest BCUT2D eigenvalue weighted by Gasteiger charge is -2.29. The summed E-state index contributed by atoms with van der Waals surface area (Å²) in [6, 6.07) is 17.7. The molecule has 0 N–H and O–H groups in total. The lowest BCUT2D eigenvalue weighted by molar-refractivity contribution is 0.594. The third-order valence-corrected chi connectivity index (χ3v) is 5.08. The fraction of sp³-hybridized carbons (Fsp3) is 0.190. The maximum atomic E-state index is 4.65. The van der Waals surface area contributed by atoms with Gasteiger partial charge in [0.2, 0.25) is 0 Å². The average Bonchev–Trinajstić information content (AvgIpc) is 2.64. The molecule has 0 amide bonds. The minimum absolute atomic E-state index is 0.975. The molecule has 0 unspecified atom stereocenters. The quantitative estimate of drug-likeness (QED) is 0.746. The van der Waals surface area contributed by atoms with Crippen LogP contribution in [-0.2, 0) is 6.42 Å². The van der Waals surface area contributed by atoms with Crippen molar-refractivity contribution in [2.24, 2.45) is 4.40 Å². The topological polar surface area (TPSA) is 15.6 Å². The lowest BCUT2D eigenvalue weighted by atomic mass is 9.98. The summed E-state index contributed by atoms with van der Waals surface area (Å²) in [4.78, 5) is 2.24. The van der Waals surface area contributed by atoms with Gasteiger partial charge in [-0.1, -0.05) is 54.1 Å². The molecule has 2 heterocycles. The predicted octanol–water partition coefficient (Wildman–Crippen LogP) is 4.86. The van der Waals surface area contributed by atoms with E-state index in [0.29, 0.717) is 0 Å². The van der Waals surface area contributed by atoms with Gasteiger partial charge in [-0.2, -0.15) is 4.40 Å². The van der Waals surface area contributed by atoms with Gasteiger partial charge in [-0.15, -0.1) is 0 Å². The maximum Gasteiger partial charge on any atom is 0.148 e. The summed E-state index contributed by atoms with van der Waals surface area (Å²) in [7, 11) is 0. The van der Waals surface area contributed by atoms with Gasteiger partial charge in [0.25, 0.3) is 0 Å².